The van der Waals surface area contributed by atoms with Gasteiger partial charge in [-0.1, -0.05) is 29.8 Å². The number of aromatic nitrogens is 2. The average Bonchev–Trinajstić information content (AvgIpc) is 3.41. The monoisotopic (exact) mass is 455 g/mol. The van der Waals surface area contributed by atoms with E-state index in [-0.39, 0.29) is 12.5 Å². The van der Waals surface area contributed by atoms with E-state index in [4.69, 9.17) is 21.1 Å². The molecule has 9 heteroatoms. The minimum atomic E-state index is -0.422. The Morgan fingerprint density at radius 1 is 1.19 bits per heavy atom. The average molecular weight is 456 g/mol. The van der Waals surface area contributed by atoms with Crippen LogP contribution in [0.1, 0.15) is 16.6 Å². The fraction of sp³-hybridized carbons (Fsp3) is 0.136. The molecule has 4 aromatic rings. The number of pyridine rings is 1. The molecule has 0 saturated carbocycles. The summed E-state index contributed by atoms with van der Waals surface area (Å²) in [6.45, 7) is 2.01. The minimum Gasteiger partial charge on any atom is -0.465 e. The van der Waals surface area contributed by atoms with Gasteiger partial charge in [-0.2, -0.15) is 0 Å². The number of carbonyl (C=O) groups is 2. The highest BCUT2D eigenvalue weighted by Gasteiger charge is 2.17. The van der Waals surface area contributed by atoms with Crippen molar-refractivity contribution in [3.63, 3.8) is 0 Å². The number of halogens is 1. The van der Waals surface area contributed by atoms with Crippen LogP contribution in [-0.2, 0) is 9.53 Å². The third-order valence-electron chi connectivity index (χ3n) is 4.33. The van der Waals surface area contributed by atoms with Crippen molar-refractivity contribution in [3.8, 4) is 17.0 Å². The molecule has 7 nitrogen and oxygen atoms in total. The number of hydrogen-bond donors (Lipinski definition) is 1. The van der Waals surface area contributed by atoms with Gasteiger partial charge in [-0.05, 0) is 42.6 Å². The van der Waals surface area contributed by atoms with Gasteiger partial charge in [0.15, 0.2) is 0 Å². The van der Waals surface area contributed by atoms with Gasteiger partial charge in [0.05, 0.1) is 11.6 Å². The highest BCUT2D eigenvalue weighted by Crippen LogP contribution is 2.32. The largest absolute Gasteiger partial charge is 0.465 e. The van der Waals surface area contributed by atoms with E-state index in [0.29, 0.717) is 45.0 Å². The van der Waals surface area contributed by atoms with Crippen LogP contribution < -0.4 is 10.1 Å². The highest BCUT2D eigenvalue weighted by atomic mass is 35.5. The summed E-state index contributed by atoms with van der Waals surface area (Å²) in [5.41, 5.74) is 1.94. The van der Waals surface area contributed by atoms with Crippen molar-refractivity contribution in [2.45, 2.75) is 6.92 Å². The van der Waals surface area contributed by atoms with E-state index in [1.165, 1.54) is 11.3 Å². The number of ether oxygens (including phenoxy) is 2. The lowest BCUT2D eigenvalue weighted by molar-refractivity contribution is -0.140. The molecule has 0 amide bonds. The van der Waals surface area contributed by atoms with E-state index in [1.807, 2.05) is 11.4 Å². The number of imidazole rings is 1. The zero-order chi connectivity index (χ0) is 21.8. The van der Waals surface area contributed by atoms with Crippen LogP contribution in [0.5, 0.6) is 5.75 Å². The third kappa shape index (κ3) is 4.70. The minimum absolute atomic E-state index is 0.0335. The fourth-order valence-corrected chi connectivity index (χ4v) is 3.78. The first kappa shape index (κ1) is 20.9. The number of thiophene rings is 1. The number of hydrogen-bond acceptors (Lipinski definition) is 7. The maximum Gasteiger partial charge on any atom is 0.353 e. The van der Waals surface area contributed by atoms with Gasteiger partial charge >= 0.3 is 11.9 Å². The van der Waals surface area contributed by atoms with Crippen molar-refractivity contribution in [1.29, 1.82) is 0 Å². The SMILES string of the molecule is CCOC(=O)CNc1c(-c2cccc(OC(=O)c3cccs3)c2)nc2ccc(Cl)cn12. The molecule has 3 aromatic heterocycles. The van der Waals surface area contributed by atoms with E-state index in [0.717, 1.165) is 0 Å². The summed E-state index contributed by atoms with van der Waals surface area (Å²) in [5.74, 6) is 0.160. The second-order valence-corrected chi connectivity index (χ2v) is 7.82. The van der Waals surface area contributed by atoms with Gasteiger partial charge in [-0.15, -0.1) is 11.3 Å². The number of nitrogens with one attached hydrogen (secondary N) is 1. The summed E-state index contributed by atoms with van der Waals surface area (Å²) in [6.07, 6.45) is 1.71. The summed E-state index contributed by atoms with van der Waals surface area (Å²) in [5, 5.41) is 5.43. The molecule has 158 valence electrons. The Bertz CT molecular complexity index is 1240. The molecule has 0 aliphatic rings. The molecular formula is C22H18ClN3O4S. The van der Waals surface area contributed by atoms with Crippen LogP contribution in [0.2, 0.25) is 5.02 Å². The fourth-order valence-electron chi connectivity index (χ4n) is 3.02. The van der Waals surface area contributed by atoms with Gasteiger partial charge in [0.2, 0.25) is 0 Å². The number of rotatable bonds is 7. The van der Waals surface area contributed by atoms with Crippen molar-refractivity contribution >= 4 is 46.3 Å². The molecule has 1 N–H and O–H groups in total. The topological polar surface area (TPSA) is 81.9 Å². The quantitative estimate of drug-likeness (QED) is 0.315. The van der Waals surface area contributed by atoms with E-state index in [9.17, 15) is 9.59 Å². The molecule has 31 heavy (non-hydrogen) atoms. The van der Waals surface area contributed by atoms with E-state index >= 15 is 0 Å². The first-order valence-electron chi connectivity index (χ1n) is 9.48. The zero-order valence-electron chi connectivity index (χ0n) is 16.5. The molecule has 0 aliphatic heterocycles. The van der Waals surface area contributed by atoms with Gasteiger partial charge in [0, 0.05) is 11.8 Å². The first-order valence-corrected chi connectivity index (χ1v) is 10.7. The molecule has 0 bridgehead atoms. The summed E-state index contributed by atoms with van der Waals surface area (Å²) in [6, 6.07) is 14.1. The van der Waals surface area contributed by atoms with Crippen LogP contribution >= 0.6 is 22.9 Å². The Labute approximate surface area is 187 Å². The first-order chi connectivity index (χ1) is 15.0. The molecular weight excluding hydrogens is 438 g/mol. The Morgan fingerprint density at radius 2 is 2.06 bits per heavy atom. The maximum absolute atomic E-state index is 12.3. The predicted octanol–water partition coefficient (Wildman–Crippen LogP) is 4.91. The standard InChI is InChI=1S/C22H18ClN3O4S/c1-2-29-19(27)12-24-21-20(25-18-9-8-15(23)13-26(18)21)14-5-3-6-16(11-14)30-22(28)17-7-4-10-31-17/h3-11,13,24H,2,12H2,1H3. The summed E-state index contributed by atoms with van der Waals surface area (Å²) < 4.78 is 12.3. The second kappa shape index (κ2) is 9.20. The lowest BCUT2D eigenvalue weighted by Gasteiger charge is -2.09. The molecule has 0 unspecified atom stereocenters. The van der Waals surface area contributed by atoms with E-state index in [2.05, 4.69) is 10.3 Å². The zero-order valence-corrected chi connectivity index (χ0v) is 18.1. The number of nitrogens with zero attached hydrogens (tertiary/aromatic N) is 2. The molecule has 0 spiro atoms. The predicted molar refractivity (Wildman–Crippen MR) is 120 cm³/mol. The second-order valence-electron chi connectivity index (χ2n) is 6.44. The normalized spacial score (nSPS) is 10.8. The number of esters is 2. The van der Waals surface area contributed by atoms with Crippen LogP contribution in [0, 0.1) is 0 Å². The molecule has 0 atom stereocenters. The number of fused-ring (bicyclic) bond motifs is 1. The van der Waals surface area contributed by atoms with Crippen molar-refractivity contribution in [2.75, 3.05) is 18.5 Å². The summed E-state index contributed by atoms with van der Waals surface area (Å²) in [7, 11) is 0. The molecule has 4 rings (SSSR count). The smallest absolute Gasteiger partial charge is 0.353 e. The van der Waals surface area contributed by atoms with Crippen LogP contribution in [0.25, 0.3) is 16.9 Å². The van der Waals surface area contributed by atoms with E-state index in [1.54, 1.807) is 60.0 Å². The third-order valence-corrected chi connectivity index (χ3v) is 5.40. The molecule has 1 aromatic carbocycles. The van der Waals surface area contributed by atoms with Crippen molar-refractivity contribution in [3.05, 3.63) is 70.0 Å². The van der Waals surface area contributed by atoms with Gasteiger partial charge < -0.3 is 14.8 Å². The van der Waals surface area contributed by atoms with Gasteiger partial charge in [-0.3, -0.25) is 9.20 Å². The van der Waals surface area contributed by atoms with Crippen LogP contribution in [0.4, 0.5) is 5.82 Å². The lowest BCUT2D eigenvalue weighted by atomic mass is 10.1. The Hall–Kier alpha value is -3.36. The van der Waals surface area contributed by atoms with Crippen molar-refractivity contribution in [2.24, 2.45) is 0 Å². The number of carbonyl (C=O) groups excluding carboxylic acids is 2. The molecule has 0 radical (unpaired) electrons. The Kier molecular flexibility index (Phi) is 6.20. The molecule has 0 aliphatic carbocycles. The Morgan fingerprint density at radius 3 is 2.84 bits per heavy atom. The van der Waals surface area contributed by atoms with Crippen LogP contribution in [0.3, 0.4) is 0 Å². The molecule has 0 fully saturated rings. The van der Waals surface area contributed by atoms with Gasteiger partial charge in [0.25, 0.3) is 0 Å². The molecule has 0 saturated heterocycles. The highest BCUT2D eigenvalue weighted by molar-refractivity contribution is 7.12. The van der Waals surface area contributed by atoms with Crippen LogP contribution in [0.15, 0.2) is 60.1 Å². The van der Waals surface area contributed by atoms with Gasteiger partial charge in [-0.25, -0.2) is 9.78 Å². The van der Waals surface area contributed by atoms with Crippen molar-refractivity contribution < 1.29 is 19.1 Å². The van der Waals surface area contributed by atoms with Gasteiger partial charge in [0.1, 0.15) is 34.3 Å². The van der Waals surface area contributed by atoms with Crippen LogP contribution in [-0.4, -0.2) is 34.5 Å². The number of anilines is 1. The Balaban J connectivity index is 1.69. The lowest BCUT2D eigenvalue weighted by Crippen LogP contribution is -2.17. The van der Waals surface area contributed by atoms with Crippen molar-refractivity contribution in [1.82, 2.24) is 9.38 Å². The summed E-state index contributed by atoms with van der Waals surface area (Å²) >= 11 is 7.48. The van der Waals surface area contributed by atoms with E-state index < -0.39 is 5.97 Å². The maximum atomic E-state index is 12.3. The number of benzene rings is 1. The summed E-state index contributed by atoms with van der Waals surface area (Å²) in [4.78, 5) is 29.4. The molecule has 3 heterocycles.